The van der Waals surface area contributed by atoms with Gasteiger partial charge in [-0.25, -0.2) is 4.98 Å². The van der Waals surface area contributed by atoms with Gasteiger partial charge in [-0.15, -0.1) is 11.3 Å². The molecule has 2 rings (SSSR count). The topological polar surface area (TPSA) is 119 Å². The molecular weight excluding hydrogens is 282 g/mol. The normalized spacial score (nSPS) is 12.1. The molecule has 0 aliphatic rings. The number of hydrogen-bond donors (Lipinski definition) is 2. The number of carboxylic acids is 1. The van der Waals surface area contributed by atoms with Gasteiger partial charge < -0.3 is 10.8 Å². The molecule has 8 heteroatoms. The van der Waals surface area contributed by atoms with Gasteiger partial charge >= 0.3 is 5.97 Å². The van der Waals surface area contributed by atoms with Crippen molar-refractivity contribution in [3.63, 3.8) is 0 Å². The predicted molar refractivity (Wildman–Crippen MR) is 73.5 cm³/mol. The van der Waals surface area contributed by atoms with Crippen LogP contribution in [0.1, 0.15) is 17.3 Å². The van der Waals surface area contributed by atoms with Crippen LogP contribution >= 0.6 is 11.3 Å². The number of nitrogens with zero attached hydrogens (tertiary/aromatic N) is 2. The summed E-state index contributed by atoms with van der Waals surface area (Å²) in [5.41, 5.74) is 7.11. The average Bonchev–Trinajstić information content (AvgIpc) is 2.87. The summed E-state index contributed by atoms with van der Waals surface area (Å²) in [6, 6.07) is 3.27. The van der Waals surface area contributed by atoms with Gasteiger partial charge in [0.15, 0.2) is 0 Å². The highest BCUT2D eigenvalue weighted by Crippen LogP contribution is 2.31. The molecule has 0 bridgehead atoms. The molecule has 7 nitrogen and oxygen atoms in total. The van der Waals surface area contributed by atoms with Crippen molar-refractivity contribution < 1.29 is 14.8 Å². The number of aromatic nitrogens is 1. The van der Waals surface area contributed by atoms with Crippen LogP contribution < -0.4 is 5.73 Å². The van der Waals surface area contributed by atoms with Crippen LogP contribution in [0.25, 0.3) is 10.6 Å². The maximum Gasteiger partial charge on any atom is 0.326 e. The van der Waals surface area contributed by atoms with Crippen molar-refractivity contribution >= 4 is 23.0 Å². The largest absolute Gasteiger partial charge is 0.480 e. The number of nitro benzene ring substituents is 1. The zero-order chi connectivity index (χ0) is 14.9. The van der Waals surface area contributed by atoms with Gasteiger partial charge in [0, 0.05) is 23.1 Å². The number of thiazole rings is 1. The lowest BCUT2D eigenvalue weighted by Gasteiger charge is -2.03. The van der Waals surface area contributed by atoms with Crippen LogP contribution in [-0.4, -0.2) is 21.0 Å². The van der Waals surface area contributed by atoms with Crippen molar-refractivity contribution in [2.75, 3.05) is 0 Å². The molecule has 1 aromatic carbocycles. The zero-order valence-electron chi connectivity index (χ0n) is 10.4. The van der Waals surface area contributed by atoms with Crippen LogP contribution in [0.2, 0.25) is 0 Å². The second kappa shape index (κ2) is 5.35. The molecular formula is C12H11N3O4S. The second-order valence-corrected chi connectivity index (χ2v) is 5.01. The highest BCUT2D eigenvalue weighted by Gasteiger charge is 2.19. The third-order valence-corrected chi connectivity index (χ3v) is 3.66. The summed E-state index contributed by atoms with van der Waals surface area (Å²) < 4.78 is 0. The molecule has 0 saturated heterocycles. The summed E-state index contributed by atoms with van der Waals surface area (Å²) in [5, 5.41) is 21.7. The van der Waals surface area contributed by atoms with Gasteiger partial charge in [-0.05, 0) is 12.5 Å². The minimum atomic E-state index is -1.20. The minimum absolute atomic E-state index is 0.0371. The number of aliphatic carboxylic acids is 1. The lowest BCUT2D eigenvalue weighted by Crippen LogP contribution is -2.20. The Morgan fingerprint density at radius 2 is 2.25 bits per heavy atom. The summed E-state index contributed by atoms with van der Waals surface area (Å²) in [5.74, 6) is -1.17. The Labute approximate surface area is 117 Å². The maximum atomic E-state index is 10.8. The molecule has 1 unspecified atom stereocenters. The Morgan fingerprint density at radius 1 is 1.55 bits per heavy atom. The number of benzene rings is 1. The lowest BCUT2D eigenvalue weighted by atomic mass is 10.1. The van der Waals surface area contributed by atoms with E-state index in [0.717, 1.165) is 5.56 Å². The quantitative estimate of drug-likeness (QED) is 0.658. The number of carbonyl (C=O) groups is 1. The number of aryl methyl sites for hydroxylation is 1. The first-order valence-electron chi connectivity index (χ1n) is 5.59. The number of non-ortho nitro benzene ring substituents is 1. The Kier molecular flexibility index (Phi) is 3.77. The van der Waals surface area contributed by atoms with Crippen molar-refractivity contribution in [1.82, 2.24) is 4.98 Å². The molecule has 104 valence electrons. The van der Waals surface area contributed by atoms with E-state index in [1.807, 2.05) is 0 Å². The molecule has 0 radical (unpaired) electrons. The lowest BCUT2D eigenvalue weighted by molar-refractivity contribution is -0.384. The molecule has 3 N–H and O–H groups in total. The van der Waals surface area contributed by atoms with E-state index < -0.39 is 16.9 Å². The van der Waals surface area contributed by atoms with E-state index in [9.17, 15) is 14.9 Å². The third-order valence-electron chi connectivity index (χ3n) is 2.77. The van der Waals surface area contributed by atoms with Gasteiger partial charge in [0.05, 0.1) is 10.6 Å². The number of rotatable bonds is 4. The van der Waals surface area contributed by atoms with Crippen LogP contribution in [0.5, 0.6) is 0 Å². The van der Waals surface area contributed by atoms with Gasteiger partial charge in [0.2, 0.25) is 0 Å². The van der Waals surface area contributed by atoms with E-state index in [1.54, 1.807) is 18.4 Å². The highest BCUT2D eigenvalue weighted by atomic mass is 32.1. The first-order chi connectivity index (χ1) is 9.40. The number of carboxylic acid groups (broad SMARTS) is 1. The molecule has 2 aromatic rings. The van der Waals surface area contributed by atoms with Crippen molar-refractivity contribution in [3.8, 4) is 10.6 Å². The van der Waals surface area contributed by atoms with Crippen LogP contribution in [-0.2, 0) is 4.79 Å². The van der Waals surface area contributed by atoms with E-state index in [0.29, 0.717) is 10.6 Å². The van der Waals surface area contributed by atoms with E-state index >= 15 is 0 Å². The standard InChI is InChI=1S/C12H11N3O4S/c1-6-2-3-7(15(18)19)4-8(6)11-14-9(5-20-11)10(13)12(16)17/h2-5,10H,13H2,1H3,(H,16,17). The van der Waals surface area contributed by atoms with Crippen molar-refractivity contribution in [1.29, 1.82) is 0 Å². The Bertz CT molecular complexity index is 683. The molecule has 1 atom stereocenters. The molecule has 0 spiro atoms. The molecule has 1 heterocycles. The van der Waals surface area contributed by atoms with E-state index in [1.165, 1.54) is 23.5 Å². The molecule has 0 fully saturated rings. The van der Waals surface area contributed by atoms with Crippen LogP contribution in [0.4, 0.5) is 5.69 Å². The second-order valence-electron chi connectivity index (χ2n) is 4.15. The first-order valence-corrected chi connectivity index (χ1v) is 6.47. The molecule has 0 aliphatic carbocycles. The first kappa shape index (κ1) is 14.1. The molecule has 0 aliphatic heterocycles. The van der Waals surface area contributed by atoms with Crippen LogP contribution in [0, 0.1) is 17.0 Å². The maximum absolute atomic E-state index is 10.8. The average molecular weight is 293 g/mol. The van der Waals surface area contributed by atoms with E-state index in [-0.39, 0.29) is 11.4 Å². The molecule has 1 aromatic heterocycles. The summed E-state index contributed by atoms with van der Waals surface area (Å²) in [7, 11) is 0. The van der Waals surface area contributed by atoms with Gasteiger partial charge in [0.25, 0.3) is 5.69 Å². The summed E-state index contributed by atoms with van der Waals surface area (Å²) in [6.07, 6.45) is 0. The number of nitrogens with two attached hydrogens (primary N) is 1. The van der Waals surface area contributed by atoms with E-state index in [4.69, 9.17) is 10.8 Å². The van der Waals surface area contributed by atoms with Crippen LogP contribution in [0.15, 0.2) is 23.6 Å². The highest BCUT2D eigenvalue weighted by molar-refractivity contribution is 7.13. The van der Waals surface area contributed by atoms with Crippen molar-refractivity contribution in [2.24, 2.45) is 5.73 Å². The fourth-order valence-corrected chi connectivity index (χ4v) is 2.57. The fourth-order valence-electron chi connectivity index (χ4n) is 1.63. The van der Waals surface area contributed by atoms with Gasteiger partial charge in [0.1, 0.15) is 11.0 Å². The van der Waals surface area contributed by atoms with Gasteiger partial charge in [-0.2, -0.15) is 0 Å². The summed E-state index contributed by atoms with van der Waals surface area (Å²) >= 11 is 1.21. The summed E-state index contributed by atoms with van der Waals surface area (Å²) in [4.78, 5) is 25.3. The number of hydrogen-bond acceptors (Lipinski definition) is 6. The predicted octanol–water partition coefficient (Wildman–Crippen LogP) is 2.11. The van der Waals surface area contributed by atoms with Gasteiger partial charge in [-0.1, -0.05) is 6.07 Å². The molecule has 20 heavy (non-hydrogen) atoms. The Morgan fingerprint density at radius 3 is 2.85 bits per heavy atom. The van der Waals surface area contributed by atoms with Crippen molar-refractivity contribution in [3.05, 3.63) is 45.0 Å². The van der Waals surface area contributed by atoms with E-state index in [2.05, 4.69) is 4.98 Å². The smallest absolute Gasteiger partial charge is 0.326 e. The zero-order valence-corrected chi connectivity index (χ0v) is 11.3. The SMILES string of the molecule is Cc1ccc([N+](=O)[O-])cc1-c1nc(C(N)C(=O)O)cs1. The van der Waals surface area contributed by atoms with Crippen LogP contribution in [0.3, 0.4) is 0 Å². The molecule has 0 amide bonds. The number of nitro groups is 1. The Balaban J connectivity index is 2.44. The minimum Gasteiger partial charge on any atom is -0.480 e. The summed E-state index contributed by atoms with van der Waals surface area (Å²) in [6.45, 7) is 1.80. The van der Waals surface area contributed by atoms with Crippen molar-refractivity contribution in [2.45, 2.75) is 13.0 Å². The monoisotopic (exact) mass is 293 g/mol. The fraction of sp³-hybridized carbons (Fsp3) is 0.167. The third kappa shape index (κ3) is 2.65. The Hall–Kier alpha value is -2.32. The van der Waals surface area contributed by atoms with Gasteiger partial charge in [-0.3, -0.25) is 14.9 Å². The molecule has 0 saturated carbocycles.